The normalized spacial score (nSPS) is 22.5. The molecule has 0 bridgehead atoms. The Hall–Kier alpha value is -1.72. The molecule has 0 aromatic heterocycles. The third kappa shape index (κ3) is 3.55. The largest absolute Gasteiger partial charge is 0.380 e. The van der Waals surface area contributed by atoms with Crippen LogP contribution in [0.2, 0.25) is 0 Å². The summed E-state index contributed by atoms with van der Waals surface area (Å²) in [5.74, 6) is -0.0110. The van der Waals surface area contributed by atoms with E-state index in [0.29, 0.717) is 32.7 Å². The van der Waals surface area contributed by atoms with Crippen LogP contribution in [0.5, 0.6) is 0 Å². The third-order valence-electron chi connectivity index (χ3n) is 5.83. The lowest BCUT2D eigenvalue weighted by atomic mass is 9.69. The minimum absolute atomic E-state index is 0.00973. The van der Waals surface area contributed by atoms with Crippen LogP contribution in [0.4, 0.5) is 0 Å². The fourth-order valence-electron chi connectivity index (χ4n) is 4.36. The van der Waals surface area contributed by atoms with Crippen LogP contribution in [0.15, 0.2) is 24.3 Å². The van der Waals surface area contributed by atoms with Gasteiger partial charge in [0.25, 0.3) is 0 Å². The summed E-state index contributed by atoms with van der Waals surface area (Å²) in [5, 5.41) is 0. The second kappa shape index (κ2) is 8.31. The zero-order valence-electron chi connectivity index (χ0n) is 16.0. The van der Waals surface area contributed by atoms with Gasteiger partial charge in [-0.3, -0.25) is 19.4 Å². The van der Waals surface area contributed by atoms with E-state index < -0.39 is 5.41 Å². The molecule has 1 aromatic carbocycles. The van der Waals surface area contributed by atoms with Crippen molar-refractivity contribution < 1.29 is 14.3 Å². The molecular weight excluding hydrogens is 328 g/mol. The molecule has 1 aliphatic carbocycles. The van der Waals surface area contributed by atoms with Gasteiger partial charge in [-0.15, -0.1) is 0 Å². The van der Waals surface area contributed by atoms with Crippen molar-refractivity contribution in [3.8, 4) is 0 Å². The Morgan fingerprint density at radius 2 is 2.00 bits per heavy atom. The number of likely N-dealkylation sites (tertiary alicyclic amines) is 1. The maximum Gasteiger partial charge on any atom is 0.240 e. The second-order valence-electron chi connectivity index (χ2n) is 7.25. The standard InChI is InChI=1S/C21H30N2O3/c1-3-22(14-15-26-4-2)12-13-23-19(24)16-21(20(23)25)11-7-9-17-8-5-6-10-18(17)21/h5-6,8,10H,3-4,7,9,11-16H2,1-2H3. The highest BCUT2D eigenvalue weighted by molar-refractivity contribution is 6.09. The molecule has 5 heteroatoms. The van der Waals surface area contributed by atoms with E-state index in [1.54, 1.807) is 0 Å². The molecule has 1 spiro atoms. The van der Waals surface area contributed by atoms with Gasteiger partial charge in [0, 0.05) is 32.7 Å². The zero-order valence-corrected chi connectivity index (χ0v) is 16.0. The zero-order chi connectivity index (χ0) is 18.6. The topological polar surface area (TPSA) is 49.9 Å². The average molecular weight is 358 g/mol. The summed E-state index contributed by atoms with van der Waals surface area (Å²) in [5.41, 5.74) is 1.69. The van der Waals surface area contributed by atoms with Crippen LogP contribution in [-0.2, 0) is 26.2 Å². The maximum absolute atomic E-state index is 13.3. The summed E-state index contributed by atoms with van der Waals surface area (Å²) in [7, 11) is 0. The number of fused-ring (bicyclic) bond motifs is 2. The maximum atomic E-state index is 13.3. The molecule has 2 amide bonds. The van der Waals surface area contributed by atoms with Gasteiger partial charge in [-0.25, -0.2) is 0 Å². The highest BCUT2D eigenvalue weighted by Gasteiger charge is 2.53. The van der Waals surface area contributed by atoms with Gasteiger partial charge in [0.05, 0.1) is 12.0 Å². The Kier molecular flexibility index (Phi) is 6.09. The first kappa shape index (κ1) is 19.1. The van der Waals surface area contributed by atoms with Gasteiger partial charge in [0.15, 0.2) is 0 Å². The minimum atomic E-state index is -0.617. The molecule has 0 saturated carbocycles. The molecule has 1 unspecified atom stereocenters. The van der Waals surface area contributed by atoms with Crippen LogP contribution in [0.25, 0.3) is 0 Å². The van der Waals surface area contributed by atoms with Crippen molar-refractivity contribution in [2.75, 3.05) is 39.4 Å². The lowest BCUT2D eigenvalue weighted by Crippen LogP contribution is -2.44. The number of carbonyl (C=O) groups excluding carboxylic acids is 2. The van der Waals surface area contributed by atoms with E-state index in [1.807, 2.05) is 25.1 Å². The number of likely N-dealkylation sites (N-methyl/N-ethyl adjacent to an activating group) is 1. The number of amides is 2. The Balaban J connectivity index is 1.70. The first-order valence-corrected chi connectivity index (χ1v) is 9.85. The molecule has 5 nitrogen and oxygen atoms in total. The van der Waals surface area contributed by atoms with Gasteiger partial charge in [-0.05, 0) is 43.9 Å². The van der Waals surface area contributed by atoms with E-state index in [-0.39, 0.29) is 11.8 Å². The number of rotatable bonds is 8. The van der Waals surface area contributed by atoms with Crippen LogP contribution in [0.3, 0.4) is 0 Å². The summed E-state index contributed by atoms with van der Waals surface area (Å²) in [6, 6.07) is 8.15. The number of nitrogens with zero attached hydrogens (tertiary/aromatic N) is 2. The monoisotopic (exact) mass is 358 g/mol. The van der Waals surface area contributed by atoms with Crippen LogP contribution in [-0.4, -0.2) is 61.0 Å². The molecule has 0 N–H and O–H groups in total. The van der Waals surface area contributed by atoms with Crippen LogP contribution >= 0.6 is 0 Å². The quantitative estimate of drug-likeness (QED) is 0.529. The van der Waals surface area contributed by atoms with Crippen LogP contribution < -0.4 is 0 Å². The molecule has 1 aliphatic heterocycles. The molecule has 142 valence electrons. The van der Waals surface area contributed by atoms with E-state index in [9.17, 15) is 9.59 Å². The highest BCUT2D eigenvalue weighted by atomic mass is 16.5. The lowest BCUT2D eigenvalue weighted by molar-refractivity contribution is -0.140. The molecule has 1 heterocycles. The molecule has 1 fully saturated rings. The molecule has 1 saturated heterocycles. The molecule has 26 heavy (non-hydrogen) atoms. The van der Waals surface area contributed by atoms with Crippen molar-refractivity contribution >= 4 is 11.8 Å². The summed E-state index contributed by atoms with van der Waals surface area (Å²) in [6.45, 7) is 8.37. The van der Waals surface area contributed by atoms with Crippen LogP contribution in [0, 0.1) is 0 Å². The average Bonchev–Trinajstić information content (AvgIpc) is 2.89. The highest BCUT2D eigenvalue weighted by Crippen LogP contribution is 2.45. The molecule has 1 aromatic rings. The van der Waals surface area contributed by atoms with Crippen molar-refractivity contribution in [3.63, 3.8) is 0 Å². The van der Waals surface area contributed by atoms with Crippen LogP contribution in [0.1, 0.15) is 44.2 Å². The van der Waals surface area contributed by atoms with Crippen molar-refractivity contribution in [2.24, 2.45) is 0 Å². The van der Waals surface area contributed by atoms with Gasteiger partial charge in [-0.1, -0.05) is 31.2 Å². The summed E-state index contributed by atoms with van der Waals surface area (Å²) >= 11 is 0. The molecule has 3 rings (SSSR count). The fraction of sp³-hybridized carbons (Fsp3) is 0.619. The number of carbonyl (C=O) groups is 2. The Labute approximate surface area is 156 Å². The second-order valence-corrected chi connectivity index (χ2v) is 7.25. The predicted octanol–water partition coefficient (Wildman–Crippen LogP) is 2.38. The van der Waals surface area contributed by atoms with E-state index >= 15 is 0 Å². The van der Waals surface area contributed by atoms with Gasteiger partial charge in [0.1, 0.15) is 0 Å². The van der Waals surface area contributed by atoms with E-state index in [0.717, 1.165) is 37.9 Å². The molecule has 1 atom stereocenters. The summed E-state index contributed by atoms with van der Waals surface area (Å²) in [4.78, 5) is 29.7. The summed E-state index contributed by atoms with van der Waals surface area (Å²) < 4.78 is 5.42. The Bertz CT molecular complexity index is 660. The predicted molar refractivity (Wildman–Crippen MR) is 101 cm³/mol. The number of imide groups is 1. The number of benzene rings is 1. The number of hydrogen-bond acceptors (Lipinski definition) is 4. The van der Waals surface area contributed by atoms with Crippen molar-refractivity contribution in [1.82, 2.24) is 9.80 Å². The van der Waals surface area contributed by atoms with Crippen molar-refractivity contribution in [3.05, 3.63) is 35.4 Å². The molecule has 0 radical (unpaired) electrons. The molecule has 2 aliphatic rings. The van der Waals surface area contributed by atoms with E-state index in [4.69, 9.17) is 4.74 Å². The lowest BCUT2D eigenvalue weighted by Gasteiger charge is -2.33. The summed E-state index contributed by atoms with van der Waals surface area (Å²) in [6.07, 6.45) is 3.08. The number of hydrogen-bond donors (Lipinski definition) is 0. The van der Waals surface area contributed by atoms with E-state index in [2.05, 4.69) is 17.9 Å². The first-order valence-electron chi connectivity index (χ1n) is 9.85. The van der Waals surface area contributed by atoms with E-state index in [1.165, 1.54) is 10.5 Å². The third-order valence-corrected chi connectivity index (χ3v) is 5.83. The number of aryl methyl sites for hydroxylation is 1. The Morgan fingerprint density at radius 3 is 2.77 bits per heavy atom. The van der Waals surface area contributed by atoms with Gasteiger partial charge < -0.3 is 4.74 Å². The smallest absolute Gasteiger partial charge is 0.240 e. The molecular formula is C21H30N2O3. The fourth-order valence-corrected chi connectivity index (χ4v) is 4.36. The Morgan fingerprint density at radius 1 is 1.19 bits per heavy atom. The minimum Gasteiger partial charge on any atom is -0.380 e. The van der Waals surface area contributed by atoms with Gasteiger partial charge >= 0.3 is 0 Å². The van der Waals surface area contributed by atoms with Crippen molar-refractivity contribution in [2.45, 2.75) is 44.9 Å². The van der Waals surface area contributed by atoms with Gasteiger partial charge in [0.2, 0.25) is 11.8 Å². The van der Waals surface area contributed by atoms with Gasteiger partial charge in [-0.2, -0.15) is 0 Å². The SMILES string of the molecule is CCOCCN(CC)CCN1C(=O)CC2(CCCc3ccccc32)C1=O. The number of ether oxygens (including phenoxy) is 1. The first-order chi connectivity index (χ1) is 12.6. The van der Waals surface area contributed by atoms with Crippen molar-refractivity contribution in [1.29, 1.82) is 0 Å².